The molecule has 3 saturated heterocycles. The largest absolute Gasteiger partial charge is 0.435 e. The Morgan fingerprint density at radius 3 is 2.54 bits per heavy atom. The van der Waals surface area contributed by atoms with Crippen LogP contribution in [0.5, 0.6) is 0 Å². The summed E-state index contributed by atoms with van der Waals surface area (Å²) in [6.07, 6.45) is -2.25. The Bertz CT molecular complexity index is 1590. The van der Waals surface area contributed by atoms with Crippen molar-refractivity contribution in [1.82, 2.24) is 29.9 Å². The van der Waals surface area contributed by atoms with E-state index in [2.05, 4.69) is 15.3 Å². The van der Waals surface area contributed by atoms with Gasteiger partial charge in [-0.3, -0.25) is 24.6 Å². The Morgan fingerprint density at radius 1 is 1.07 bits per heavy atom. The first-order chi connectivity index (χ1) is 19.7. The molecule has 2 aromatic heterocycles. The van der Waals surface area contributed by atoms with Crippen molar-refractivity contribution in [1.29, 1.82) is 0 Å². The number of rotatable bonds is 5. The number of hydrogen-bond acceptors (Lipinski definition) is 7. The lowest BCUT2D eigenvalue weighted by molar-refractivity contribution is -0.141. The summed E-state index contributed by atoms with van der Waals surface area (Å²) in [5.41, 5.74) is 2.01. The lowest BCUT2D eigenvalue weighted by Gasteiger charge is -2.29. The summed E-state index contributed by atoms with van der Waals surface area (Å²) in [4.78, 5) is 45.5. The Kier molecular flexibility index (Phi) is 6.12. The first-order valence-electron chi connectivity index (χ1n) is 13.7. The highest BCUT2D eigenvalue weighted by atomic mass is 19.4. The maximum Gasteiger partial charge on any atom is 0.435 e. The molecule has 41 heavy (non-hydrogen) atoms. The smallest absolute Gasteiger partial charge is 0.377 e. The van der Waals surface area contributed by atoms with Crippen LogP contribution in [-0.2, 0) is 33.6 Å². The van der Waals surface area contributed by atoms with Crippen molar-refractivity contribution in [3.05, 3.63) is 46.6 Å². The quantitative estimate of drug-likeness (QED) is 0.472. The van der Waals surface area contributed by atoms with Gasteiger partial charge in [-0.25, -0.2) is 9.67 Å². The Balaban J connectivity index is 1.31. The molecule has 6 heterocycles. The molecule has 4 aliphatic rings. The predicted molar refractivity (Wildman–Crippen MR) is 138 cm³/mol. The van der Waals surface area contributed by atoms with Crippen LogP contribution in [0.2, 0.25) is 0 Å². The zero-order valence-electron chi connectivity index (χ0n) is 22.0. The number of aromatic nitrogens is 3. The highest BCUT2D eigenvalue weighted by Crippen LogP contribution is 2.40. The summed E-state index contributed by atoms with van der Waals surface area (Å²) in [5.74, 6) is -1.14. The Morgan fingerprint density at radius 2 is 1.85 bits per heavy atom. The number of pyridine rings is 1. The number of piperidine rings is 1. The van der Waals surface area contributed by atoms with Gasteiger partial charge in [0.1, 0.15) is 12.1 Å². The number of ether oxygens (including phenoxy) is 1. The van der Waals surface area contributed by atoms with Crippen molar-refractivity contribution in [2.45, 2.75) is 57.0 Å². The van der Waals surface area contributed by atoms with Gasteiger partial charge < -0.3 is 9.64 Å². The molecule has 214 valence electrons. The topological polar surface area (TPSA) is 110 Å². The molecule has 1 atom stereocenters. The number of nitrogens with one attached hydrogen (secondary N) is 1. The molecule has 0 aliphatic carbocycles. The molecule has 1 unspecified atom stereocenters. The van der Waals surface area contributed by atoms with Crippen molar-refractivity contribution in [2.75, 3.05) is 26.3 Å². The number of amides is 3. The van der Waals surface area contributed by atoms with Gasteiger partial charge in [-0.1, -0.05) is 6.07 Å². The van der Waals surface area contributed by atoms with Crippen LogP contribution in [0.4, 0.5) is 13.2 Å². The standard InChI is InChI=1S/C28H27F3N6O4/c29-28(30,31)24-23-17(11-35-7-1-2-8-35)10-20(32-25(23)37(34-24)18-13-41-14-18)15-3-4-19-16(9-15)12-36(27(19)40)21-5-6-22(38)33-26(21)39/h3-4,9-10,18,21H,1-2,5-8,11-14H2,(H,33,38,39). The summed E-state index contributed by atoms with van der Waals surface area (Å²) in [7, 11) is 0. The number of carbonyl (C=O) groups is 3. The minimum absolute atomic E-state index is 0.0143. The van der Waals surface area contributed by atoms with E-state index < -0.39 is 23.8 Å². The number of benzene rings is 1. The van der Waals surface area contributed by atoms with Crippen molar-refractivity contribution in [2.24, 2.45) is 0 Å². The molecule has 3 aromatic rings. The number of imide groups is 1. The third kappa shape index (κ3) is 4.47. The molecule has 7 rings (SSSR count). The van der Waals surface area contributed by atoms with Gasteiger partial charge in [-0.15, -0.1) is 0 Å². The number of likely N-dealkylation sites (tertiary alicyclic amines) is 1. The minimum Gasteiger partial charge on any atom is -0.377 e. The van der Waals surface area contributed by atoms with E-state index in [-0.39, 0.29) is 61.5 Å². The number of halogens is 3. The van der Waals surface area contributed by atoms with Crippen LogP contribution in [-0.4, -0.2) is 74.6 Å². The van der Waals surface area contributed by atoms with Crippen LogP contribution in [0.1, 0.15) is 58.9 Å². The van der Waals surface area contributed by atoms with E-state index in [9.17, 15) is 27.6 Å². The van der Waals surface area contributed by atoms with Gasteiger partial charge in [0.15, 0.2) is 11.3 Å². The number of alkyl halides is 3. The molecule has 1 N–H and O–H groups in total. The van der Waals surface area contributed by atoms with Gasteiger partial charge in [-0.2, -0.15) is 18.3 Å². The first kappa shape index (κ1) is 26.1. The first-order valence-corrected chi connectivity index (χ1v) is 13.7. The average Bonchev–Trinajstić information content (AvgIpc) is 3.61. The monoisotopic (exact) mass is 568 g/mol. The summed E-state index contributed by atoms with van der Waals surface area (Å²) in [6, 6.07) is 5.84. The third-order valence-corrected chi connectivity index (χ3v) is 8.39. The third-order valence-electron chi connectivity index (χ3n) is 8.39. The van der Waals surface area contributed by atoms with Crippen molar-refractivity contribution in [3.8, 4) is 11.3 Å². The fourth-order valence-electron chi connectivity index (χ4n) is 6.22. The molecule has 10 nitrogen and oxygen atoms in total. The molecule has 1 aromatic carbocycles. The zero-order valence-corrected chi connectivity index (χ0v) is 22.0. The van der Waals surface area contributed by atoms with Gasteiger partial charge in [0, 0.05) is 30.6 Å². The lowest BCUT2D eigenvalue weighted by atomic mass is 10.0. The maximum absolute atomic E-state index is 14.2. The van der Waals surface area contributed by atoms with Gasteiger partial charge in [0.25, 0.3) is 5.91 Å². The SMILES string of the molecule is O=C1CCC(N2Cc3cc(-c4cc(CN5CCCC5)c5c(C(F)(F)F)nn(C6COC6)c5n4)ccc3C2=O)C(=O)N1. The summed E-state index contributed by atoms with van der Waals surface area (Å²) in [6.45, 7) is 2.67. The van der Waals surface area contributed by atoms with Crippen LogP contribution >= 0.6 is 0 Å². The highest BCUT2D eigenvalue weighted by Gasteiger charge is 2.41. The van der Waals surface area contributed by atoms with Crippen LogP contribution in [0.25, 0.3) is 22.3 Å². The number of hydrogen-bond donors (Lipinski definition) is 1. The van der Waals surface area contributed by atoms with Crippen LogP contribution in [0, 0.1) is 0 Å². The second-order valence-corrected chi connectivity index (χ2v) is 11.1. The van der Waals surface area contributed by atoms with Gasteiger partial charge >= 0.3 is 6.18 Å². The zero-order chi connectivity index (χ0) is 28.5. The van der Waals surface area contributed by atoms with E-state index in [0.717, 1.165) is 25.9 Å². The molecule has 3 fully saturated rings. The molecule has 4 aliphatic heterocycles. The van der Waals surface area contributed by atoms with Crippen molar-refractivity contribution < 1.29 is 32.3 Å². The average molecular weight is 569 g/mol. The lowest BCUT2D eigenvalue weighted by Crippen LogP contribution is -2.52. The number of fused-ring (bicyclic) bond motifs is 2. The van der Waals surface area contributed by atoms with E-state index in [1.807, 2.05) is 6.07 Å². The second-order valence-electron chi connectivity index (χ2n) is 11.1. The van der Waals surface area contributed by atoms with Crippen LogP contribution in [0.3, 0.4) is 0 Å². The summed E-state index contributed by atoms with van der Waals surface area (Å²) in [5, 5.41) is 6.32. The fraction of sp³-hybridized carbons (Fsp3) is 0.464. The maximum atomic E-state index is 14.2. The number of carbonyl (C=O) groups excluding carboxylic acids is 3. The van der Waals surface area contributed by atoms with Crippen LogP contribution in [0.15, 0.2) is 24.3 Å². The Hall–Kier alpha value is -3.84. The molecular formula is C28H27F3N6O4. The summed E-state index contributed by atoms with van der Waals surface area (Å²) < 4.78 is 49.3. The summed E-state index contributed by atoms with van der Waals surface area (Å²) >= 11 is 0. The molecule has 0 spiro atoms. The molecular weight excluding hydrogens is 541 g/mol. The minimum atomic E-state index is -4.65. The van der Waals surface area contributed by atoms with Gasteiger partial charge in [0.2, 0.25) is 11.8 Å². The molecule has 0 radical (unpaired) electrons. The normalized spacial score (nSPS) is 22.0. The molecule has 3 amide bonds. The van der Waals surface area contributed by atoms with E-state index in [1.54, 1.807) is 18.2 Å². The van der Waals surface area contributed by atoms with E-state index in [1.165, 1.54) is 9.58 Å². The highest BCUT2D eigenvalue weighted by molar-refractivity contribution is 6.05. The van der Waals surface area contributed by atoms with Gasteiger partial charge in [-0.05, 0) is 61.7 Å². The van der Waals surface area contributed by atoms with Crippen molar-refractivity contribution in [3.63, 3.8) is 0 Å². The molecule has 0 saturated carbocycles. The van der Waals surface area contributed by atoms with E-state index in [0.29, 0.717) is 34.5 Å². The Labute approximate surface area is 232 Å². The van der Waals surface area contributed by atoms with Gasteiger partial charge in [0.05, 0.1) is 24.3 Å². The molecule has 13 heteroatoms. The predicted octanol–water partition coefficient (Wildman–Crippen LogP) is 3.05. The van der Waals surface area contributed by atoms with E-state index >= 15 is 0 Å². The van der Waals surface area contributed by atoms with Crippen molar-refractivity contribution >= 4 is 28.8 Å². The molecule has 0 bridgehead atoms. The fourth-order valence-corrected chi connectivity index (χ4v) is 6.22. The number of nitrogens with zero attached hydrogens (tertiary/aromatic N) is 5. The second kappa shape index (κ2) is 9.62. The van der Waals surface area contributed by atoms with Crippen LogP contribution < -0.4 is 5.32 Å². The van der Waals surface area contributed by atoms with E-state index in [4.69, 9.17) is 9.72 Å².